The number of hydrogen-bond acceptors (Lipinski definition) is 2. The molecule has 17 heavy (non-hydrogen) atoms. The normalized spacial score (nSPS) is 12.1. The Kier molecular flexibility index (Phi) is 8.23. The van der Waals surface area contributed by atoms with Crippen LogP contribution in [0.2, 0.25) is 0 Å². The van der Waals surface area contributed by atoms with Gasteiger partial charge < -0.3 is 10.4 Å². The third-order valence-corrected chi connectivity index (χ3v) is 3.03. The van der Waals surface area contributed by atoms with E-state index in [1.807, 2.05) is 0 Å². The molecular weight excluding hydrogens is 214 g/mol. The third-order valence-electron chi connectivity index (χ3n) is 3.03. The molecule has 2 N–H and O–H groups in total. The van der Waals surface area contributed by atoms with Crippen molar-refractivity contribution in [1.29, 1.82) is 0 Å². The van der Waals surface area contributed by atoms with Gasteiger partial charge in [-0.25, -0.2) is 0 Å². The van der Waals surface area contributed by atoms with Gasteiger partial charge in [-0.2, -0.15) is 0 Å². The predicted octanol–water partition coefficient (Wildman–Crippen LogP) is 3.29. The van der Waals surface area contributed by atoms with Crippen LogP contribution in [0.5, 0.6) is 0 Å². The summed E-state index contributed by atoms with van der Waals surface area (Å²) >= 11 is 0. The van der Waals surface area contributed by atoms with Crippen molar-refractivity contribution in [1.82, 2.24) is 5.32 Å². The lowest BCUT2D eigenvalue weighted by Gasteiger charge is -2.19. The van der Waals surface area contributed by atoms with E-state index in [9.17, 15) is 4.79 Å². The highest BCUT2D eigenvalue weighted by Gasteiger charge is 2.25. The first-order valence-corrected chi connectivity index (χ1v) is 6.80. The van der Waals surface area contributed by atoms with Gasteiger partial charge in [0, 0.05) is 6.54 Å². The van der Waals surface area contributed by atoms with Crippen molar-refractivity contribution in [2.45, 2.75) is 59.8 Å². The number of aliphatic carboxylic acids is 1. The van der Waals surface area contributed by atoms with Gasteiger partial charge in [-0.05, 0) is 32.7 Å². The Hall–Kier alpha value is -0.570. The molecule has 0 bridgehead atoms. The number of rotatable bonds is 10. The first kappa shape index (κ1) is 16.4. The molecule has 102 valence electrons. The highest BCUT2D eigenvalue weighted by Crippen LogP contribution is 2.13. The summed E-state index contributed by atoms with van der Waals surface area (Å²) < 4.78 is 0. The summed E-state index contributed by atoms with van der Waals surface area (Å²) in [5.41, 5.74) is -0.655. The molecule has 0 aromatic heterocycles. The standard InChI is InChI=1S/C14H29NO2/c1-12(2)9-7-5-6-8-10-15-11-14(3,4)13(16)17/h12,15H,5-11H2,1-4H3,(H,16,17). The summed E-state index contributed by atoms with van der Waals surface area (Å²) in [6, 6.07) is 0. The fraction of sp³-hybridized carbons (Fsp3) is 0.929. The predicted molar refractivity (Wildman–Crippen MR) is 72.2 cm³/mol. The lowest BCUT2D eigenvalue weighted by molar-refractivity contribution is -0.146. The number of unbranched alkanes of at least 4 members (excludes halogenated alkanes) is 3. The zero-order chi connectivity index (χ0) is 13.3. The largest absolute Gasteiger partial charge is 0.481 e. The number of hydrogen-bond donors (Lipinski definition) is 2. The van der Waals surface area contributed by atoms with Crippen molar-refractivity contribution in [2.75, 3.05) is 13.1 Å². The minimum Gasteiger partial charge on any atom is -0.481 e. The molecule has 0 aliphatic heterocycles. The highest BCUT2D eigenvalue weighted by atomic mass is 16.4. The number of carbonyl (C=O) groups is 1. The zero-order valence-corrected chi connectivity index (χ0v) is 11.9. The summed E-state index contributed by atoms with van der Waals surface area (Å²) in [6.07, 6.45) is 6.32. The van der Waals surface area contributed by atoms with Crippen LogP contribution in [-0.4, -0.2) is 24.2 Å². The fourth-order valence-corrected chi connectivity index (χ4v) is 1.63. The van der Waals surface area contributed by atoms with Gasteiger partial charge in [0.25, 0.3) is 0 Å². The van der Waals surface area contributed by atoms with E-state index in [-0.39, 0.29) is 0 Å². The first-order valence-electron chi connectivity index (χ1n) is 6.80. The van der Waals surface area contributed by atoms with E-state index < -0.39 is 11.4 Å². The van der Waals surface area contributed by atoms with E-state index in [2.05, 4.69) is 19.2 Å². The molecule has 0 aliphatic carbocycles. The minimum absolute atomic E-state index is 0.550. The molecule has 0 spiro atoms. The quantitative estimate of drug-likeness (QED) is 0.579. The van der Waals surface area contributed by atoms with Crippen LogP contribution in [0.4, 0.5) is 0 Å². The molecule has 0 fully saturated rings. The van der Waals surface area contributed by atoms with Gasteiger partial charge in [0.2, 0.25) is 0 Å². The van der Waals surface area contributed by atoms with Crippen LogP contribution in [-0.2, 0) is 4.79 Å². The molecule has 0 atom stereocenters. The summed E-state index contributed by atoms with van der Waals surface area (Å²) in [5.74, 6) is 0.0754. The Balaban J connectivity index is 3.33. The molecule has 0 saturated carbocycles. The molecule has 3 nitrogen and oxygen atoms in total. The average molecular weight is 243 g/mol. The monoisotopic (exact) mass is 243 g/mol. The lowest BCUT2D eigenvalue weighted by atomic mass is 9.94. The fourth-order valence-electron chi connectivity index (χ4n) is 1.63. The number of nitrogens with one attached hydrogen (secondary N) is 1. The van der Waals surface area contributed by atoms with Crippen LogP contribution in [0.25, 0.3) is 0 Å². The smallest absolute Gasteiger partial charge is 0.310 e. The van der Waals surface area contributed by atoms with E-state index in [1.54, 1.807) is 13.8 Å². The van der Waals surface area contributed by atoms with Gasteiger partial charge in [0.15, 0.2) is 0 Å². The van der Waals surface area contributed by atoms with E-state index in [0.717, 1.165) is 18.9 Å². The maximum absolute atomic E-state index is 10.8. The molecule has 0 amide bonds. The van der Waals surface area contributed by atoms with Crippen LogP contribution >= 0.6 is 0 Å². The lowest BCUT2D eigenvalue weighted by Crippen LogP contribution is -2.36. The molecule has 0 aliphatic rings. The van der Waals surface area contributed by atoms with Crippen LogP contribution < -0.4 is 5.32 Å². The van der Waals surface area contributed by atoms with Crippen molar-refractivity contribution < 1.29 is 9.90 Å². The highest BCUT2D eigenvalue weighted by molar-refractivity contribution is 5.73. The molecule has 3 heteroatoms. The number of carboxylic acid groups (broad SMARTS) is 1. The van der Waals surface area contributed by atoms with Crippen molar-refractivity contribution in [3.8, 4) is 0 Å². The first-order chi connectivity index (χ1) is 7.86. The summed E-state index contributed by atoms with van der Waals surface area (Å²) in [5, 5.41) is 12.2. The van der Waals surface area contributed by atoms with Crippen LogP contribution in [0.15, 0.2) is 0 Å². The van der Waals surface area contributed by atoms with Crippen LogP contribution in [0, 0.1) is 11.3 Å². The van der Waals surface area contributed by atoms with Crippen molar-refractivity contribution >= 4 is 5.97 Å². The topological polar surface area (TPSA) is 49.3 Å². The van der Waals surface area contributed by atoms with Gasteiger partial charge in [-0.1, -0.05) is 39.5 Å². The Morgan fingerprint density at radius 2 is 1.76 bits per heavy atom. The SMILES string of the molecule is CC(C)CCCCCCNCC(C)(C)C(=O)O. The van der Waals surface area contributed by atoms with Crippen molar-refractivity contribution in [3.05, 3.63) is 0 Å². The van der Waals surface area contributed by atoms with E-state index in [0.29, 0.717) is 6.54 Å². The third kappa shape index (κ3) is 9.16. The van der Waals surface area contributed by atoms with Gasteiger partial charge in [0.05, 0.1) is 5.41 Å². The van der Waals surface area contributed by atoms with Gasteiger partial charge in [-0.3, -0.25) is 4.79 Å². The Labute approximate surface area is 106 Å². The van der Waals surface area contributed by atoms with Gasteiger partial charge in [0.1, 0.15) is 0 Å². The van der Waals surface area contributed by atoms with E-state index >= 15 is 0 Å². The molecule has 0 aromatic carbocycles. The molecule has 0 radical (unpaired) electrons. The Bertz CT molecular complexity index is 212. The second-order valence-corrected chi connectivity index (χ2v) is 5.96. The Morgan fingerprint density at radius 3 is 2.29 bits per heavy atom. The number of carboxylic acids is 1. The molecule has 0 unspecified atom stereocenters. The molecule has 0 aromatic rings. The molecular formula is C14H29NO2. The molecule has 0 rings (SSSR count). The van der Waals surface area contributed by atoms with Gasteiger partial charge >= 0.3 is 5.97 Å². The van der Waals surface area contributed by atoms with E-state index in [1.165, 1.54) is 25.7 Å². The van der Waals surface area contributed by atoms with Crippen LogP contribution in [0.1, 0.15) is 59.8 Å². The zero-order valence-electron chi connectivity index (χ0n) is 11.9. The second kappa shape index (κ2) is 8.51. The average Bonchev–Trinajstić information content (AvgIpc) is 2.21. The van der Waals surface area contributed by atoms with Crippen molar-refractivity contribution in [3.63, 3.8) is 0 Å². The summed E-state index contributed by atoms with van der Waals surface area (Å²) in [4.78, 5) is 10.8. The summed E-state index contributed by atoms with van der Waals surface area (Å²) in [7, 11) is 0. The van der Waals surface area contributed by atoms with E-state index in [4.69, 9.17) is 5.11 Å². The maximum Gasteiger partial charge on any atom is 0.310 e. The van der Waals surface area contributed by atoms with Gasteiger partial charge in [-0.15, -0.1) is 0 Å². The Morgan fingerprint density at radius 1 is 1.18 bits per heavy atom. The summed E-state index contributed by atoms with van der Waals surface area (Å²) in [6.45, 7) is 9.51. The second-order valence-electron chi connectivity index (χ2n) is 5.96. The maximum atomic E-state index is 10.8. The minimum atomic E-state index is -0.734. The van der Waals surface area contributed by atoms with Crippen molar-refractivity contribution in [2.24, 2.45) is 11.3 Å². The molecule has 0 heterocycles. The van der Waals surface area contributed by atoms with Crippen LogP contribution in [0.3, 0.4) is 0 Å². The molecule has 0 saturated heterocycles.